The fourth-order valence-corrected chi connectivity index (χ4v) is 3.44. The van der Waals surface area contributed by atoms with Gasteiger partial charge in [0.2, 0.25) is 5.91 Å². The van der Waals surface area contributed by atoms with Gasteiger partial charge in [-0.1, -0.05) is 57.0 Å². The summed E-state index contributed by atoms with van der Waals surface area (Å²) in [5.41, 5.74) is 0.870. The Bertz CT molecular complexity index is 593. The molecule has 1 unspecified atom stereocenters. The predicted molar refractivity (Wildman–Crippen MR) is 104 cm³/mol. The topological polar surface area (TPSA) is 70.1 Å². The molecule has 1 aliphatic rings. The second-order valence-corrected chi connectivity index (χ2v) is 7.05. The number of likely N-dealkylation sites (tertiary alicyclic amines) is 1. The summed E-state index contributed by atoms with van der Waals surface area (Å²) in [4.78, 5) is 28.6. The van der Waals surface area contributed by atoms with Crippen LogP contribution in [0.25, 0.3) is 0 Å². The van der Waals surface area contributed by atoms with E-state index in [9.17, 15) is 14.7 Å². The molecular weight excluding hydrogens is 344 g/mol. The summed E-state index contributed by atoms with van der Waals surface area (Å²) in [5, 5.41) is 10.3. The summed E-state index contributed by atoms with van der Waals surface area (Å²) >= 11 is 0. The van der Waals surface area contributed by atoms with E-state index >= 15 is 0 Å². The van der Waals surface area contributed by atoms with Crippen LogP contribution in [-0.4, -0.2) is 52.3 Å². The number of carbonyl (C=O) groups is 2. The molecule has 0 aliphatic carbocycles. The third kappa shape index (κ3) is 5.96. The van der Waals surface area contributed by atoms with Crippen LogP contribution in [-0.2, 0) is 16.1 Å². The van der Waals surface area contributed by atoms with E-state index in [-0.39, 0.29) is 12.5 Å². The summed E-state index contributed by atoms with van der Waals surface area (Å²) in [6.07, 6.45) is 3.24. The number of amides is 2. The number of benzene rings is 1. The summed E-state index contributed by atoms with van der Waals surface area (Å²) < 4.78 is 5.36. The van der Waals surface area contributed by atoms with Crippen molar-refractivity contribution in [2.24, 2.45) is 0 Å². The zero-order chi connectivity index (χ0) is 19.6. The largest absolute Gasteiger partial charge is 0.444 e. The molecule has 2 amide bonds. The first-order chi connectivity index (χ1) is 13.1. The van der Waals surface area contributed by atoms with Crippen molar-refractivity contribution in [1.29, 1.82) is 0 Å². The minimum atomic E-state index is -0.971. The standard InChI is InChI=1S/C21H32N2O4/c1-3-5-9-15-22(14-4-2)20(25)18-12-13-19(24)23(18)21(26)27-16-17-10-7-6-8-11-17/h6-8,10-11,18-19,24H,3-5,9,12-16H2,1-2H3/t18-,19?/m0/s1. The van der Waals surface area contributed by atoms with Crippen molar-refractivity contribution in [3.05, 3.63) is 35.9 Å². The Morgan fingerprint density at radius 2 is 1.85 bits per heavy atom. The molecule has 1 aromatic carbocycles. The number of rotatable bonds is 9. The van der Waals surface area contributed by atoms with Crippen LogP contribution in [0.4, 0.5) is 4.79 Å². The number of nitrogens with zero attached hydrogens (tertiary/aromatic N) is 2. The molecule has 0 saturated carbocycles. The van der Waals surface area contributed by atoms with Crippen LogP contribution in [0, 0.1) is 0 Å². The number of ether oxygens (including phenoxy) is 1. The smallest absolute Gasteiger partial charge is 0.412 e. The van der Waals surface area contributed by atoms with Crippen LogP contribution in [0.15, 0.2) is 30.3 Å². The van der Waals surface area contributed by atoms with E-state index in [2.05, 4.69) is 6.92 Å². The van der Waals surface area contributed by atoms with Gasteiger partial charge in [0.15, 0.2) is 0 Å². The molecule has 1 aromatic rings. The van der Waals surface area contributed by atoms with Gasteiger partial charge >= 0.3 is 6.09 Å². The number of aliphatic hydroxyl groups excluding tert-OH is 1. The summed E-state index contributed by atoms with van der Waals surface area (Å²) in [7, 11) is 0. The van der Waals surface area contributed by atoms with Gasteiger partial charge in [0.05, 0.1) is 0 Å². The Morgan fingerprint density at radius 1 is 1.11 bits per heavy atom. The van der Waals surface area contributed by atoms with Crippen molar-refractivity contribution in [3.63, 3.8) is 0 Å². The number of hydrogen-bond acceptors (Lipinski definition) is 4. The molecule has 1 N–H and O–H groups in total. The number of carbonyl (C=O) groups excluding carboxylic acids is 2. The van der Waals surface area contributed by atoms with Crippen molar-refractivity contribution in [1.82, 2.24) is 9.80 Å². The van der Waals surface area contributed by atoms with Crippen LogP contribution < -0.4 is 0 Å². The molecule has 1 heterocycles. The minimum Gasteiger partial charge on any atom is -0.444 e. The lowest BCUT2D eigenvalue weighted by molar-refractivity contribution is -0.137. The van der Waals surface area contributed by atoms with E-state index in [1.165, 1.54) is 4.90 Å². The van der Waals surface area contributed by atoms with E-state index < -0.39 is 18.4 Å². The molecule has 1 aliphatic heterocycles. The molecule has 0 spiro atoms. The molecule has 27 heavy (non-hydrogen) atoms. The second-order valence-electron chi connectivity index (χ2n) is 7.05. The van der Waals surface area contributed by atoms with E-state index in [1.54, 1.807) is 0 Å². The van der Waals surface area contributed by atoms with E-state index in [4.69, 9.17) is 4.74 Å². The molecule has 150 valence electrons. The molecule has 6 heteroatoms. The van der Waals surface area contributed by atoms with Gasteiger partial charge in [-0.15, -0.1) is 0 Å². The lowest BCUT2D eigenvalue weighted by atomic mass is 10.1. The molecule has 6 nitrogen and oxygen atoms in total. The SMILES string of the molecule is CCCCCN(CCC)C(=O)[C@@H]1CCC(O)N1C(=O)OCc1ccccc1. The molecule has 2 atom stereocenters. The van der Waals surface area contributed by atoms with E-state index in [1.807, 2.05) is 42.2 Å². The summed E-state index contributed by atoms with van der Waals surface area (Å²) in [5.74, 6) is -0.0823. The monoisotopic (exact) mass is 376 g/mol. The molecule has 1 fully saturated rings. The van der Waals surface area contributed by atoms with Gasteiger partial charge in [0, 0.05) is 13.1 Å². The Balaban J connectivity index is 2.00. The first-order valence-electron chi connectivity index (χ1n) is 10.0. The zero-order valence-corrected chi connectivity index (χ0v) is 16.5. The van der Waals surface area contributed by atoms with Crippen molar-refractivity contribution >= 4 is 12.0 Å². The number of unbranched alkanes of at least 4 members (excludes halogenated alkanes) is 2. The maximum absolute atomic E-state index is 13.0. The zero-order valence-electron chi connectivity index (χ0n) is 16.5. The normalized spacial score (nSPS) is 19.1. The quantitative estimate of drug-likeness (QED) is 0.669. The lowest BCUT2D eigenvalue weighted by Crippen LogP contribution is -2.50. The van der Waals surface area contributed by atoms with Gasteiger partial charge in [-0.2, -0.15) is 0 Å². The first kappa shape index (κ1) is 21.2. The molecule has 0 bridgehead atoms. The maximum Gasteiger partial charge on any atom is 0.412 e. The second kappa shape index (κ2) is 10.9. The predicted octanol–water partition coefficient (Wildman–Crippen LogP) is 3.53. The fourth-order valence-electron chi connectivity index (χ4n) is 3.44. The highest BCUT2D eigenvalue weighted by Gasteiger charge is 2.42. The highest BCUT2D eigenvalue weighted by Crippen LogP contribution is 2.26. The van der Waals surface area contributed by atoms with E-state index in [0.29, 0.717) is 25.9 Å². The summed E-state index contributed by atoms with van der Waals surface area (Å²) in [6, 6.07) is 8.74. The van der Waals surface area contributed by atoms with Crippen molar-refractivity contribution in [2.45, 2.75) is 71.2 Å². The third-order valence-electron chi connectivity index (χ3n) is 4.89. The van der Waals surface area contributed by atoms with Crippen LogP contribution in [0.3, 0.4) is 0 Å². The Morgan fingerprint density at radius 3 is 2.52 bits per heavy atom. The first-order valence-corrected chi connectivity index (χ1v) is 10.0. The van der Waals surface area contributed by atoms with Crippen molar-refractivity contribution < 1.29 is 19.4 Å². The molecular formula is C21H32N2O4. The van der Waals surface area contributed by atoms with E-state index in [0.717, 1.165) is 31.2 Å². The number of hydrogen-bond donors (Lipinski definition) is 1. The van der Waals surface area contributed by atoms with Gasteiger partial charge < -0.3 is 14.7 Å². The highest BCUT2D eigenvalue weighted by molar-refractivity contribution is 5.86. The van der Waals surface area contributed by atoms with Gasteiger partial charge in [-0.3, -0.25) is 9.69 Å². The van der Waals surface area contributed by atoms with Gasteiger partial charge in [-0.05, 0) is 31.2 Å². The van der Waals surface area contributed by atoms with Crippen molar-refractivity contribution in [2.75, 3.05) is 13.1 Å². The molecule has 0 aromatic heterocycles. The van der Waals surface area contributed by atoms with Crippen LogP contribution in [0.5, 0.6) is 0 Å². The molecule has 2 rings (SSSR count). The molecule has 0 radical (unpaired) electrons. The summed E-state index contributed by atoms with van der Waals surface area (Å²) in [6.45, 7) is 5.65. The van der Waals surface area contributed by atoms with Crippen LogP contribution >= 0.6 is 0 Å². The van der Waals surface area contributed by atoms with Gasteiger partial charge in [0.1, 0.15) is 18.9 Å². The third-order valence-corrected chi connectivity index (χ3v) is 4.89. The lowest BCUT2D eigenvalue weighted by Gasteiger charge is -2.31. The highest BCUT2D eigenvalue weighted by atomic mass is 16.6. The van der Waals surface area contributed by atoms with Gasteiger partial charge in [0.25, 0.3) is 0 Å². The average Bonchev–Trinajstić information content (AvgIpc) is 3.07. The van der Waals surface area contributed by atoms with Crippen LogP contribution in [0.1, 0.15) is 57.9 Å². The fraction of sp³-hybridized carbons (Fsp3) is 0.619. The van der Waals surface area contributed by atoms with Crippen molar-refractivity contribution in [3.8, 4) is 0 Å². The van der Waals surface area contributed by atoms with Gasteiger partial charge in [-0.25, -0.2) is 4.79 Å². The Labute approximate surface area is 162 Å². The Kier molecular flexibility index (Phi) is 8.58. The minimum absolute atomic E-state index is 0.0823. The van der Waals surface area contributed by atoms with Crippen LogP contribution in [0.2, 0.25) is 0 Å². The molecule has 1 saturated heterocycles. The number of aliphatic hydroxyl groups is 1. The maximum atomic E-state index is 13.0. The average molecular weight is 376 g/mol. The Hall–Kier alpha value is -2.08.